The number of piperazine rings is 1. The molecule has 126 valence electrons. The molecule has 1 heterocycles. The Morgan fingerprint density at radius 2 is 1.68 bits per heavy atom. The van der Waals surface area contributed by atoms with Gasteiger partial charge in [0.25, 0.3) is 0 Å². The highest BCUT2D eigenvalue weighted by molar-refractivity contribution is 5.85. The highest BCUT2D eigenvalue weighted by Crippen LogP contribution is 2.25. The molecule has 0 unspecified atom stereocenters. The molecule has 3 nitrogen and oxygen atoms in total. The predicted molar refractivity (Wildman–Crippen MR) is 98.7 cm³/mol. The normalized spacial score (nSPS) is 16.9. The first-order valence-corrected chi connectivity index (χ1v) is 7.36. The fourth-order valence-corrected chi connectivity index (χ4v) is 2.54. The van der Waals surface area contributed by atoms with Crippen LogP contribution >= 0.6 is 24.8 Å². The van der Waals surface area contributed by atoms with E-state index in [4.69, 9.17) is 4.74 Å². The van der Waals surface area contributed by atoms with E-state index in [1.54, 1.807) is 0 Å². The zero-order chi connectivity index (χ0) is 14.6. The molecular weight excluding hydrogens is 319 g/mol. The maximum Gasteiger partial charge on any atom is 0.120 e. The Hall–Kier alpha value is -0.740. The number of nitrogens with one attached hydrogen (secondary N) is 1. The molecule has 1 atom stereocenters. The van der Waals surface area contributed by atoms with Gasteiger partial charge in [0.2, 0.25) is 0 Å². The molecule has 0 spiro atoms. The molecule has 0 radical (unpaired) electrons. The fraction of sp³-hybridized carbons (Fsp3) is 0.529. The molecule has 0 amide bonds. The van der Waals surface area contributed by atoms with Crippen molar-refractivity contribution in [3.05, 3.63) is 42.5 Å². The summed E-state index contributed by atoms with van der Waals surface area (Å²) < 4.78 is 5.87. The Morgan fingerprint density at radius 3 is 2.14 bits per heavy atom. The van der Waals surface area contributed by atoms with Crippen LogP contribution in [0.15, 0.2) is 36.9 Å². The van der Waals surface area contributed by atoms with E-state index >= 15 is 0 Å². The topological polar surface area (TPSA) is 24.5 Å². The minimum absolute atomic E-state index is 0. The Bertz CT molecular complexity index is 437. The van der Waals surface area contributed by atoms with Crippen molar-refractivity contribution in [2.24, 2.45) is 0 Å². The molecule has 0 aliphatic carbocycles. The minimum atomic E-state index is -0.155. The van der Waals surface area contributed by atoms with Gasteiger partial charge < -0.3 is 10.1 Å². The van der Waals surface area contributed by atoms with E-state index in [0.29, 0.717) is 6.04 Å². The lowest BCUT2D eigenvalue weighted by molar-refractivity contribution is 0.131. The summed E-state index contributed by atoms with van der Waals surface area (Å²) in [5.41, 5.74) is 1.13. The van der Waals surface area contributed by atoms with Crippen LogP contribution in [0.1, 0.15) is 32.4 Å². The summed E-state index contributed by atoms with van der Waals surface area (Å²) in [4.78, 5) is 2.46. The molecule has 22 heavy (non-hydrogen) atoms. The SMILES string of the molecule is C=C[C@@H](c1ccc(OC(C)(C)C)cc1)N1CCNCC1.Cl.Cl. The third kappa shape index (κ3) is 6.17. The van der Waals surface area contributed by atoms with Gasteiger partial charge in [-0.2, -0.15) is 0 Å². The second-order valence-corrected chi connectivity index (χ2v) is 6.25. The zero-order valence-corrected chi connectivity index (χ0v) is 15.3. The van der Waals surface area contributed by atoms with E-state index in [9.17, 15) is 0 Å². The van der Waals surface area contributed by atoms with Gasteiger partial charge in [-0.05, 0) is 38.5 Å². The van der Waals surface area contributed by atoms with Gasteiger partial charge in [0.05, 0.1) is 6.04 Å². The van der Waals surface area contributed by atoms with Crippen LogP contribution in [-0.2, 0) is 0 Å². The number of halogens is 2. The standard InChI is InChI=1S/C17H26N2O.2ClH/c1-5-16(19-12-10-18-11-13-19)14-6-8-15(9-7-14)20-17(2,3)4;;/h5-9,16,18H,1,10-13H2,2-4H3;2*1H/t16-;;/m0../s1. The van der Waals surface area contributed by atoms with Crippen LogP contribution in [0.25, 0.3) is 0 Å². The van der Waals surface area contributed by atoms with E-state index < -0.39 is 0 Å². The second-order valence-electron chi connectivity index (χ2n) is 6.25. The number of nitrogens with zero attached hydrogens (tertiary/aromatic N) is 1. The van der Waals surface area contributed by atoms with Gasteiger partial charge in [-0.15, -0.1) is 31.4 Å². The first kappa shape index (κ1) is 21.3. The van der Waals surface area contributed by atoms with Crippen molar-refractivity contribution in [3.63, 3.8) is 0 Å². The molecule has 1 aromatic carbocycles. The fourth-order valence-electron chi connectivity index (χ4n) is 2.54. The maximum absolute atomic E-state index is 5.87. The van der Waals surface area contributed by atoms with Crippen molar-refractivity contribution in [2.45, 2.75) is 32.4 Å². The first-order valence-electron chi connectivity index (χ1n) is 7.36. The average Bonchev–Trinajstić information content (AvgIpc) is 2.41. The van der Waals surface area contributed by atoms with Crippen molar-refractivity contribution < 1.29 is 4.74 Å². The van der Waals surface area contributed by atoms with Gasteiger partial charge >= 0.3 is 0 Å². The molecule has 1 aliphatic rings. The van der Waals surface area contributed by atoms with Crippen molar-refractivity contribution in [2.75, 3.05) is 26.2 Å². The van der Waals surface area contributed by atoms with Gasteiger partial charge in [-0.3, -0.25) is 4.90 Å². The summed E-state index contributed by atoms with van der Waals surface area (Å²) in [6.45, 7) is 14.4. The van der Waals surface area contributed by atoms with Crippen LogP contribution in [0.5, 0.6) is 5.75 Å². The van der Waals surface area contributed by atoms with E-state index in [0.717, 1.165) is 31.9 Å². The lowest BCUT2D eigenvalue weighted by atomic mass is 10.0. The van der Waals surface area contributed by atoms with Crippen molar-refractivity contribution in [1.82, 2.24) is 10.2 Å². The van der Waals surface area contributed by atoms with E-state index in [1.165, 1.54) is 5.56 Å². The highest BCUT2D eigenvalue weighted by Gasteiger charge is 2.19. The predicted octanol–water partition coefficient (Wildman–Crippen LogP) is 3.84. The summed E-state index contributed by atoms with van der Waals surface area (Å²) in [6, 6.07) is 8.70. The monoisotopic (exact) mass is 346 g/mol. The maximum atomic E-state index is 5.87. The van der Waals surface area contributed by atoms with Crippen molar-refractivity contribution in [3.8, 4) is 5.75 Å². The second kappa shape index (κ2) is 9.41. The molecule has 0 aromatic heterocycles. The highest BCUT2D eigenvalue weighted by atomic mass is 35.5. The summed E-state index contributed by atoms with van der Waals surface area (Å²) >= 11 is 0. The summed E-state index contributed by atoms with van der Waals surface area (Å²) in [6.07, 6.45) is 2.03. The third-order valence-corrected chi connectivity index (χ3v) is 3.41. The van der Waals surface area contributed by atoms with Gasteiger partial charge in [0, 0.05) is 26.2 Å². The van der Waals surface area contributed by atoms with Gasteiger partial charge in [-0.25, -0.2) is 0 Å². The van der Waals surface area contributed by atoms with Crippen LogP contribution in [0.2, 0.25) is 0 Å². The molecule has 0 saturated carbocycles. The zero-order valence-electron chi connectivity index (χ0n) is 13.7. The van der Waals surface area contributed by atoms with Crippen LogP contribution < -0.4 is 10.1 Å². The molecule has 1 fully saturated rings. The Kier molecular flexibility index (Phi) is 9.09. The third-order valence-electron chi connectivity index (χ3n) is 3.41. The van der Waals surface area contributed by atoms with Gasteiger partial charge in [0.15, 0.2) is 0 Å². The summed E-state index contributed by atoms with van der Waals surface area (Å²) in [5, 5.41) is 3.38. The van der Waals surface area contributed by atoms with Crippen LogP contribution in [0, 0.1) is 0 Å². The molecule has 0 bridgehead atoms. The molecule has 1 aromatic rings. The summed E-state index contributed by atoms with van der Waals surface area (Å²) in [5.74, 6) is 0.921. The number of hydrogen-bond donors (Lipinski definition) is 1. The Morgan fingerprint density at radius 1 is 1.14 bits per heavy atom. The van der Waals surface area contributed by atoms with Crippen molar-refractivity contribution in [1.29, 1.82) is 0 Å². The Balaban J connectivity index is 0.00000220. The first-order chi connectivity index (χ1) is 9.49. The number of ether oxygens (including phenoxy) is 1. The molecular formula is C17H28Cl2N2O. The van der Waals surface area contributed by atoms with E-state index in [2.05, 4.69) is 61.8 Å². The molecule has 2 rings (SSSR count). The number of rotatable bonds is 4. The number of benzene rings is 1. The largest absolute Gasteiger partial charge is 0.488 e. The van der Waals surface area contributed by atoms with Crippen LogP contribution in [0.3, 0.4) is 0 Å². The van der Waals surface area contributed by atoms with Crippen molar-refractivity contribution >= 4 is 24.8 Å². The van der Waals surface area contributed by atoms with Crippen LogP contribution in [-0.4, -0.2) is 36.7 Å². The van der Waals surface area contributed by atoms with Gasteiger partial charge in [-0.1, -0.05) is 18.2 Å². The van der Waals surface area contributed by atoms with Gasteiger partial charge in [0.1, 0.15) is 11.4 Å². The van der Waals surface area contributed by atoms with E-state index in [1.807, 2.05) is 6.08 Å². The number of hydrogen-bond acceptors (Lipinski definition) is 3. The lowest BCUT2D eigenvalue weighted by Gasteiger charge is -2.33. The summed E-state index contributed by atoms with van der Waals surface area (Å²) in [7, 11) is 0. The molecule has 1 saturated heterocycles. The smallest absolute Gasteiger partial charge is 0.120 e. The van der Waals surface area contributed by atoms with Crippen LogP contribution in [0.4, 0.5) is 0 Å². The molecule has 5 heteroatoms. The van der Waals surface area contributed by atoms with E-state index in [-0.39, 0.29) is 30.4 Å². The lowest BCUT2D eigenvalue weighted by Crippen LogP contribution is -2.44. The Labute approximate surface area is 146 Å². The quantitative estimate of drug-likeness (QED) is 0.838. The molecule has 1 aliphatic heterocycles. The minimum Gasteiger partial charge on any atom is -0.488 e. The molecule has 1 N–H and O–H groups in total. The average molecular weight is 347 g/mol.